The van der Waals surface area contributed by atoms with Gasteiger partial charge in [-0.05, 0) is 31.2 Å². The molecule has 1 aromatic heterocycles. The number of thiophene rings is 1. The Morgan fingerprint density at radius 3 is 2.64 bits per heavy atom. The van der Waals surface area contributed by atoms with E-state index < -0.39 is 5.60 Å². The van der Waals surface area contributed by atoms with Crippen LogP contribution in [0.1, 0.15) is 50.3 Å². The first-order valence-electron chi connectivity index (χ1n) is 7.80. The first kappa shape index (κ1) is 17.0. The average molecular weight is 324 g/mol. The summed E-state index contributed by atoms with van der Waals surface area (Å²) in [6.07, 6.45) is 4.78. The number of carbonyl (C=O) groups excluding carboxylic acids is 2. The summed E-state index contributed by atoms with van der Waals surface area (Å²) in [5.74, 6) is -0.273. The van der Waals surface area contributed by atoms with Crippen LogP contribution in [-0.4, -0.2) is 29.5 Å². The first-order valence-corrected chi connectivity index (χ1v) is 8.68. The molecule has 122 valence electrons. The molecule has 0 radical (unpaired) electrons. The van der Waals surface area contributed by atoms with E-state index in [1.807, 2.05) is 17.5 Å². The summed E-state index contributed by atoms with van der Waals surface area (Å²) >= 11 is 1.45. The van der Waals surface area contributed by atoms with Crippen LogP contribution in [0.25, 0.3) is 0 Å². The Hall–Kier alpha value is -1.40. The van der Waals surface area contributed by atoms with Crippen LogP contribution in [0.2, 0.25) is 0 Å². The van der Waals surface area contributed by atoms with Crippen LogP contribution in [-0.2, 0) is 15.2 Å². The van der Waals surface area contributed by atoms with Gasteiger partial charge in [0.05, 0.1) is 6.54 Å². The van der Waals surface area contributed by atoms with Gasteiger partial charge in [-0.2, -0.15) is 0 Å². The second kappa shape index (κ2) is 7.74. The normalized spacial score (nSPS) is 17.9. The van der Waals surface area contributed by atoms with Gasteiger partial charge < -0.3 is 15.7 Å². The Bertz CT molecular complexity index is 493. The molecule has 5 nitrogen and oxygen atoms in total. The predicted octanol–water partition coefficient (Wildman–Crippen LogP) is 1.91. The van der Waals surface area contributed by atoms with Crippen molar-refractivity contribution in [1.82, 2.24) is 10.6 Å². The van der Waals surface area contributed by atoms with Gasteiger partial charge in [-0.1, -0.05) is 18.9 Å². The van der Waals surface area contributed by atoms with Crippen molar-refractivity contribution in [2.24, 2.45) is 0 Å². The summed E-state index contributed by atoms with van der Waals surface area (Å²) < 4.78 is 0. The van der Waals surface area contributed by atoms with Crippen LogP contribution in [0.5, 0.6) is 0 Å². The van der Waals surface area contributed by atoms with Crippen molar-refractivity contribution < 1.29 is 14.7 Å². The molecule has 0 aromatic carbocycles. The third-order valence-electron chi connectivity index (χ3n) is 3.98. The summed E-state index contributed by atoms with van der Waals surface area (Å²) in [5, 5.41) is 17.9. The van der Waals surface area contributed by atoms with Crippen LogP contribution < -0.4 is 10.6 Å². The van der Waals surface area contributed by atoms with Gasteiger partial charge in [0, 0.05) is 23.8 Å². The van der Waals surface area contributed by atoms with Crippen molar-refractivity contribution in [3.05, 3.63) is 22.4 Å². The minimum Gasteiger partial charge on any atom is -0.383 e. The Balaban J connectivity index is 1.66. The fraction of sp³-hybridized carbons (Fsp3) is 0.625. The van der Waals surface area contributed by atoms with Crippen LogP contribution >= 0.6 is 11.3 Å². The Morgan fingerprint density at radius 1 is 1.32 bits per heavy atom. The molecule has 1 unspecified atom stereocenters. The minimum atomic E-state index is -1.07. The van der Waals surface area contributed by atoms with Gasteiger partial charge in [-0.15, -0.1) is 11.3 Å². The lowest BCUT2D eigenvalue weighted by molar-refractivity contribution is -0.127. The van der Waals surface area contributed by atoms with Gasteiger partial charge in [-0.25, -0.2) is 0 Å². The van der Waals surface area contributed by atoms with Crippen molar-refractivity contribution >= 4 is 23.2 Å². The van der Waals surface area contributed by atoms with Gasteiger partial charge in [-0.3, -0.25) is 9.59 Å². The molecule has 3 N–H and O–H groups in total. The second-order valence-corrected chi connectivity index (χ2v) is 7.02. The molecule has 6 heteroatoms. The number of hydrogen-bond donors (Lipinski definition) is 3. The third kappa shape index (κ3) is 5.10. The molecule has 1 heterocycles. The monoisotopic (exact) mass is 324 g/mol. The molecule has 1 aliphatic carbocycles. The molecule has 0 aliphatic heterocycles. The molecule has 0 spiro atoms. The number of hydrogen-bond acceptors (Lipinski definition) is 4. The lowest BCUT2D eigenvalue weighted by Gasteiger charge is -2.22. The van der Waals surface area contributed by atoms with Crippen LogP contribution in [0.4, 0.5) is 0 Å². The third-order valence-corrected chi connectivity index (χ3v) is 5.10. The van der Waals surface area contributed by atoms with E-state index in [4.69, 9.17) is 0 Å². The number of amides is 2. The zero-order chi connectivity index (χ0) is 16.0. The van der Waals surface area contributed by atoms with Gasteiger partial charge in [0.2, 0.25) is 11.8 Å². The van der Waals surface area contributed by atoms with E-state index in [1.54, 1.807) is 6.92 Å². The average Bonchev–Trinajstić information content (AvgIpc) is 3.16. The molecule has 1 fully saturated rings. The van der Waals surface area contributed by atoms with Crippen molar-refractivity contribution in [3.63, 3.8) is 0 Å². The van der Waals surface area contributed by atoms with E-state index in [1.165, 1.54) is 24.2 Å². The predicted molar refractivity (Wildman–Crippen MR) is 86.5 cm³/mol. The Kier molecular flexibility index (Phi) is 5.97. The van der Waals surface area contributed by atoms with Crippen molar-refractivity contribution in [2.75, 3.05) is 6.54 Å². The van der Waals surface area contributed by atoms with E-state index in [9.17, 15) is 14.7 Å². The highest BCUT2D eigenvalue weighted by atomic mass is 32.1. The molecule has 1 aromatic rings. The number of aliphatic hydroxyl groups is 1. The lowest BCUT2D eigenvalue weighted by atomic mass is 10.1. The maximum Gasteiger partial charge on any atom is 0.220 e. The van der Waals surface area contributed by atoms with Crippen LogP contribution in [0.3, 0.4) is 0 Å². The summed E-state index contributed by atoms with van der Waals surface area (Å²) in [4.78, 5) is 24.4. The van der Waals surface area contributed by atoms with Crippen LogP contribution in [0.15, 0.2) is 17.5 Å². The topological polar surface area (TPSA) is 78.4 Å². The summed E-state index contributed by atoms with van der Waals surface area (Å²) in [6, 6.07) is 3.99. The molecule has 0 saturated heterocycles. The summed E-state index contributed by atoms with van der Waals surface area (Å²) in [7, 11) is 0. The smallest absolute Gasteiger partial charge is 0.220 e. The van der Waals surface area contributed by atoms with E-state index in [2.05, 4.69) is 10.6 Å². The maximum atomic E-state index is 11.8. The van der Waals surface area contributed by atoms with Crippen molar-refractivity contribution in [3.8, 4) is 0 Å². The zero-order valence-electron chi connectivity index (χ0n) is 12.9. The molecule has 0 bridgehead atoms. The van der Waals surface area contributed by atoms with Crippen molar-refractivity contribution in [1.29, 1.82) is 0 Å². The summed E-state index contributed by atoms with van der Waals surface area (Å²) in [5.41, 5.74) is -1.07. The molecular formula is C16H24N2O3S. The van der Waals surface area contributed by atoms with E-state index in [-0.39, 0.29) is 37.2 Å². The summed E-state index contributed by atoms with van der Waals surface area (Å²) in [6.45, 7) is 1.82. The minimum absolute atomic E-state index is 0.0629. The van der Waals surface area contributed by atoms with Gasteiger partial charge in [0.1, 0.15) is 5.60 Å². The van der Waals surface area contributed by atoms with Gasteiger partial charge in [0.15, 0.2) is 0 Å². The van der Waals surface area contributed by atoms with E-state index in [0.29, 0.717) is 0 Å². The highest BCUT2D eigenvalue weighted by Gasteiger charge is 2.25. The molecule has 1 atom stereocenters. The number of carbonyl (C=O) groups is 2. The van der Waals surface area contributed by atoms with Gasteiger partial charge >= 0.3 is 0 Å². The van der Waals surface area contributed by atoms with E-state index in [0.717, 1.165) is 17.7 Å². The van der Waals surface area contributed by atoms with Crippen LogP contribution in [0, 0.1) is 0 Å². The molecular weight excluding hydrogens is 300 g/mol. The van der Waals surface area contributed by atoms with Crippen molar-refractivity contribution in [2.45, 2.75) is 57.1 Å². The molecule has 1 saturated carbocycles. The fourth-order valence-corrected chi connectivity index (χ4v) is 3.42. The first-order chi connectivity index (χ1) is 10.5. The second-order valence-electron chi connectivity index (χ2n) is 6.08. The Morgan fingerprint density at radius 2 is 2.00 bits per heavy atom. The molecule has 2 amide bonds. The number of nitrogens with one attached hydrogen (secondary N) is 2. The highest BCUT2D eigenvalue weighted by Crippen LogP contribution is 2.24. The Labute approximate surface area is 135 Å². The SMILES string of the molecule is CC(O)(CNC(=O)CCC(=O)NC1CCCC1)c1cccs1. The van der Waals surface area contributed by atoms with E-state index >= 15 is 0 Å². The number of rotatable bonds is 7. The van der Waals surface area contributed by atoms with Gasteiger partial charge in [0.25, 0.3) is 0 Å². The standard InChI is InChI=1S/C16H24N2O3S/c1-16(21,13-7-4-10-22-13)11-17-14(19)8-9-15(20)18-12-5-2-3-6-12/h4,7,10,12,21H,2-3,5-6,8-9,11H2,1H3,(H,17,19)(H,18,20). The highest BCUT2D eigenvalue weighted by molar-refractivity contribution is 7.10. The molecule has 2 rings (SSSR count). The quantitative estimate of drug-likeness (QED) is 0.717. The zero-order valence-corrected chi connectivity index (χ0v) is 13.7. The fourth-order valence-electron chi connectivity index (χ4n) is 2.63. The largest absolute Gasteiger partial charge is 0.383 e. The lowest BCUT2D eigenvalue weighted by Crippen LogP contribution is -2.39. The maximum absolute atomic E-state index is 11.8. The molecule has 1 aliphatic rings. The molecule has 22 heavy (non-hydrogen) atoms.